The Bertz CT molecular complexity index is 1650. The lowest BCUT2D eigenvalue weighted by Gasteiger charge is -2.24. The van der Waals surface area contributed by atoms with Crippen molar-refractivity contribution in [3.63, 3.8) is 0 Å². The maximum atomic E-state index is 13.6. The van der Waals surface area contributed by atoms with E-state index in [1.54, 1.807) is 28.9 Å². The third-order valence-corrected chi connectivity index (χ3v) is 9.06. The number of benzene rings is 3. The van der Waals surface area contributed by atoms with E-state index in [1.807, 2.05) is 58.2 Å². The number of hydrogen-bond acceptors (Lipinski definition) is 6. The molecule has 1 aliphatic rings. The number of carboxylic acid groups (broad SMARTS) is 1. The summed E-state index contributed by atoms with van der Waals surface area (Å²) in [6, 6.07) is 16.3. The van der Waals surface area contributed by atoms with Crippen LogP contribution in [0.1, 0.15) is 47.1 Å². The minimum Gasteiger partial charge on any atom is -0.488 e. The molecule has 198 valence electrons. The SMILES string of the molecule is Cc1ccc(C(CC(=O)O)c2ccc3c(nnn3C)c2C)cc1CN1C[C@@H](C)Oc2ccccc2S1(=O)=O. The number of carbonyl (C=O) groups is 1. The van der Waals surface area contributed by atoms with Gasteiger partial charge in [-0.05, 0) is 66.8 Å². The number of ether oxygens (including phenoxy) is 1. The predicted molar refractivity (Wildman–Crippen MR) is 143 cm³/mol. The molecule has 0 spiro atoms. The summed E-state index contributed by atoms with van der Waals surface area (Å²) >= 11 is 0. The van der Waals surface area contributed by atoms with Crippen molar-refractivity contribution in [2.45, 2.75) is 50.7 Å². The highest BCUT2D eigenvalue weighted by Crippen LogP contribution is 2.36. The Balaban J connectivity index is 1.56. The summed E-state index contributed by atoms with van der Waals surface area (Å²) in [5.41, 5.74) is 5.87. The zero-order chi connectivity index (χ0) is 27.2. The molecule has 10 heteroatoms. The number of carboxylic acids is 1. The fourth-order valence-electron chi connectivity index (χ4n) is 5.16. The fraction of sp³-hybridized carbons (Fsp3) is 0.321. The second kappa shape index (κ2) is 9.85. The molecule has 1 aromatic heterocycles. The van der Waals surface area contributed by atoms with Crippen LogP contribution < -0.4 is 4.74 Å². The van der Waals surface area contributed by atoms with Crippen molar-refractivity contribution in [3.8, 4) is 5.75 Å². The standard InChI is InChI=1S/C28H30N4O5S/c1-17-9-10-20(23(14-27(33)34)22-11-12-24-28(19(22)3)29-30-31(24)4)13-21(17)16-32-15-18(2)37-25-7-5-6-8-26(25)38(32,35)36/h5-13,18,23H,14-16H2,1-4H3,(H,33,34)/t18-,23?/m1/s1. The highest BCUT2D eigenvalue weighted by Gasteiger charge is 2.33. The number of rotatable bonds is 6. The highest BCUT2D eigenvalue weighted by atomic mass is 32.2. The average Bonchev–Trinajstić information content (AvgIpc) is 3.21. The summed E-state index contributed by atoms with van der Waals surface area (Å²) in [4.78, 5) is 12.1. The van der Waals surface area contributed by atoms with Gasteiger partial charge in [0.2, 0.25) is 10.0 Å². The van der Waals surface area contributed by atoms with Crippen LogP contribution >= 0.6 is 0 Å². The van der Waals surface area contributed by atoms with Crippen LogP contribution in [0, 0.1) is 13.8 Å². The van der Waals surface area contributed by atoms with Gasteiger partial charge in [0.25, 0.3) is 0 Å². The maximum Gasteiger partial charge on any atom is 0.304 e. The first-order chi connectivity index (χ1) is 18.1. The molecular formula is C28H30N4O5S. The molecule has 4 aromatic rings. The number of aryl methyl sites for hydroxylation is 3. The van der Waals surface area contributed by atoms with Crippen LogP contribution in [0.15, 0.2) is 59.5 Å². The van der Waals surface area contributed by atoms with Gasteiger partial charge >= 0.3 is 5.97 Å². The molecule has 2 atom stereocenters. The third-order valence-electron chi connectivity index (χ3n) is 7.21. The van der Waals surface area contributed by atoms with E-state index in [0.717, 1.165) is 38.9 Å². The minimum absolute atomic E-state index is 0.116. The van der Waals surface area contributed by atoms with Gasteiger partial charge < -0.3 is 9.84 Å². The summed E-state index contributed by atoms with van der Waals surface area (Å²) < 4.78 is 36.2. The van der Waals surface area contributed by atoms with Gasteiger partial charge in [0.05, 0.1) is 18.5 Å². The first kappa shape index (κ1) is 25.9. The molecule has 38 heavy (non-hydrogen) atoms. The first-order valence-corrected chi connectivity index (χ1v) is 13.9. The summed E-state index contributed by atoms with van der Waals surface area (Å²) in [7, 11) is -1.99. The van der Waals surface area contributed by atoms with Gasteiger partial charge in [-0.15, -0.1) is 5.10 Å². The molecule has 0 saturated heterocycles. The Morgan fingerprint density at radius 2 is 1.92 bits per heavy atom. The number of sulfonamides is 1. The Hall–Kier alpha value is -3.76. The molecule has 0 saturated carbocycles. The number of hydrogen-bond donors (Lipinski definition) is 1. The summed E-state index contributed by atoms with van der Waals surface area (Å²) in [5, 5.41) is 18.2. The van der Waals surface area contributed by atoms with Crippen molar-refractivity contribution >= 4 is 27.0 Å². The molecule has 0 radical (unpaired) electrons. The minimum atomic E-state index is -3.80. The quantitative estimate of drug-likeness (QED) is 0.395. The van der Waals surface area contributed by atoms with E-state index >= 15 is 0 Å². The molecule has 1 N–H and O–H groups in total. The molecule has 9 nitrogen and oxygen atoms in total. The van der Waals surface area contributed by atoms with Gasteiger partial charge in [-0.1, -0.05) is 41.6 Å². The lowest BCUT2D eigenvalue weighted by Crippen LogP contribution is -2.35. The van der Waals surface area contributed by atoms with Crippen LogP contribution in [0.3, 0.4) is 0 Å². The van der Waals surface area contributed by atoms with Gasteiger partial charge in [-0.25, -0.2) is 13.1 Å². The van der Waals surface area contributed by atoms with Gasteiger partial charge in [-0.2, -0.15) is 4.31 Å². The van der Waals surface area contributed by atoms with E-state index in [4.69, 9.17) is 4.74 Å². The second-order valence-electron chi connectivity index (χ2n) is 9.87. The topological polar surface area (TPSA) is 115 Å². The molecule has 0 fully saturated rings. The maximum absolute atomic E-state index is 13.6. The summed E-state index contributed by atoms with van der Waals surface area (Å²) in [6.45, 7) is 6.05. The third kappa shape index (κ3) is 4.65. The molecule has 0 bridgehead atoms. The number of fused-ring (bicyclic) bond motifs is 2. The number of para-hydroxylation sites is 1. The Morgan fingerprint density at radius 3 is 2.68 bits per heavy atom. The van der Waals surface area contributed by atoms with Crippen LogP contribution in [0.25, 0.3) is 11.0 Å². The van der Waals surface area contributed by atoms with E-state index < -0.39 is 21.9 Å². The molecule has 1 aliphatic heterocycles. The van der Waals surface area contributed by atoms with Crippen LogP contribution in [0.2, 0.25) is 0 Å². The number of nitrogens with zero attached hydrogens (tertiary/aromatic N) is 4. The lowest BCUT2D eigenvalue weighted by atomic mass is 9.84. The average molecular weight is 535 g/mol. The van der Waals surface area contributed by atoms with Crippen molar-refractivity contribution in [2.75, 3.05) is 6.54 Å². The Labute approximate surface area is 221 Å². The first-order valence-electron chi connectivity index (χ1n) is 12.4. The van der Waals surface area contributed by atoms with Crippen LogP contribution in [0.4, 0.5) is 0 Å². The van der Waals surface area contributed by atoms with Gasteiger partial charge in [-0.3, -0.25) is 4.79 Å². The predicted octanol–water partition coefficient (Wildman–Crippen LogP) is 4.16. The molecule has 2 heterocycles. The van der Waals surface area contributed by atoms with Crippen molar-refractivity contribution in [3.05, 3.63) is 82.4 Å². The monoisotopic (exact) mass is 534 g/mol. The van der Waals surface area contributed by atoms with Crippen LogP contribution in [0.5, 0.6) is 5.75 Å². The second-order valence-corrected chi connectivity index (χ2v) is 11.8. The zero-order valence-corrected chi connectivity index (χ0v) is 22.6. The smallest absolute Gasteiger partial charge is 0.304 e. The Kier molecular flexibility index (Phi) is 6.70. The van der Waals surface area contributed by atoms with E-state index in [9.17, 15) is 18.3 Å². The zero-order valence-electron chi connectivity index (χ0n) is 21.7. The van der Waals surface area contributed by atoms with Gasteiger partial charge in [0.1, 0.15) is 22.3 Å². The summed E-state index contributed by atoms with van der Waals surface area (Å²) in [5.74, 6) is -1.01. The summed E-state index contributed by atoms with van der Waals surface area (Å²) in [6.07, 6.45) is -0.451. The van der Waals surface area contributed by atoms with Crippen molar-refractivity contribution in [1.29, 1.82) is 0 Å². The van der Waals surface area contributed by atoms with Crippen molar-refractivity contribution in [1.82, 2.24) is 19.3 Å². The lowest BCUT2D eigenvalue weighted by molar-refractivity contribution is -0.137. The molecule has 0 aliphatic carbocycles. The number of aromatic nitrogens is 3. The molecule has 5 rings (SSSR count). The Morgan fingerprint density at radius 1 is 1.16 bits per heavy atom. The van der Waals surface area contributed by atoms with E-state index in [-0.39, 0.29) is 30.5 Å². The van der Waals surface area contributed by atoms with Gasteiger partial charge in [0.15, 0.2) is 0 Å². The van der Waals surface area contributed by atoms with Crippen LogP contribution in [-0.2, 0) is 28.4 Å². The fourth-order valence-corrected chi connectivity index (χ4v) is 6.78. The van der Waals surface area contributed by atoms with Crippen LogP contribution in [-0.4, -0.2) is 51.4 Å². The van der Waals surface area contributed by atoms with E-state index in [1.165, 1.54) is 4.31 Å². The molecular weight excluding hydrogens is 504 g/mol. The highest BCUT2D eigenvalue weighted by molar-refractivity contribution is 7.89. The van der Waals surface area contributed by atoms with Gasteiger partial charge in [0, 0.05) is 19.5 Å². The normalized spacial score (nSPS) is 17.9. The largest absolute Gasteiger partial charge is 0.488 e. The van der Waals surface area contributed by atoms with Crippen molar-refractivity contribution in [2.24, 2.45) is 7.05 Å². The van der Waals surface area contributed by atoms with E-state index in [0.29, 0.717) is 5.75 Å². The molecule has 0 amide bonds. The number of aliphatic carboxylic acids is 1. The van der Waals surface area contributed by atoms with Crippen molar-refractivity contribution < 1.29 is 23.1 Å². The molecule has 1 unspecified atom stereocenters. The van der Waals surface area contributed by atoms with E-state index in [2.05, 4.69) is 10.3 Å². The molecule has 3 aromatic carbocycles.